The molecule has 2 unspecified atom stereocenters. The van der Waals surface area contributed by atoms with E-state index in [2.05, 4.69) is 6.07 Å². The van der Waals surface area contributed by atoms with Crippen LogP contribution in [0.5, 0.6) is 0 Å². The van der Waals surface area contributed by atoms with Gasteiger partial charge in [-0.15, -0.1) is 0 Å². The zero-order chi connectivity index (χ0) is 15.1. The van der Waals surface area contributed by atoms with E-state index < -0.39 is 5.41 Å². The zero-order valence-electron chi connectivity index (χ0n) is 12.7. The van der Waals surface area contributed by atoms with Crippen LogP contribution in [0.3, 0.4) is 0 Å². The molecule has 2 aliphatic carbocycles. The highest BCUT2D eigenvalue weighted by Crippen LogP contribution is 2.52. The number of carbonyl (C=O) groups is 1. The molecule has 5 heteroatoms. The lowest BCUT2D eigenvalue weighted by Gasteiger charge is -2.57. The standard InChI is InChI=1S/C16H24N2O3/c1-2-21-13-10-12(19)16(13)6-8-18(9-7-16)14(20)15(11-17)4-3-5-15/h12-13,19H,2-10H2,1H3. The number of aliphatic hydroxyl groups is 1. The predicted molar refractivity (Wildman–Crippen MR) is 76.2 cm³/mol. The van der Waals surface area contributed by atoms with Crippen molar-refractivity contribution < 1.29 is 14.6 Å². The molecule has 1 saturated heterocycles. The van der Waals surface area contributed by atoms with E-state index in [9.17, 15) is 15.2 Å². The highest BCUT2D eigenvalue weighted by Gasteiger charge is 2.57. The molecule has 1 aliphatic heterocycles. The maximum absolute atomic E-state index is 12.5. The van der Waals surface area contributed by atoms with Crippen LogP contribution in [0, 0.1) is 22.2 Å². The van der Waals surface area contributed by atoms with Crippen molar-refractivity contribution in [2.75, 3.05) is 19.7 Å². The van der Waals surface area contributed by atoms with Gasteiger partial charge in [-0.05, 0) is 39.0 Å². The van der Waals surface area contributed by atoms with E-state index in [1.165, 1.54) is 0 Å². The number of piperidine rings is 1. The number of carbonyl (C=O) groups excluding carboxylic acids is 1. The lowest BCUT2D eigenvalue weighted by atomic mass is 9.58. The molecule has 1 spiro atoms. The van der Waals surface area contributed by atoms with Crippen LogP contribution in [0.25, 0.3) is 0 Å². The first-order valence-electron chi connectivity index (χ1n) is 8.08. The Bertz CT molecular complexity index is 457. The fourth-order valence-electron chi connectivity index (χ4n) is 4.15. The Morgan fingerprint density at radius 2 is 2.05 bits per heavy atom. The molecular weight excluding hydrogens is 268 g/mol. The van der Waals surface area contributed by atoms with Crippen molar-refractivity contribution in [2.45, 2.75) is 57.7 Å². The Hall–Kier alpha value is -1.12. The fraction of sp³-hybridized carbons (Fsp3) is 0.875. The number of aliphatic hydroxyl groups excluding tert-OH is 1. The number of ether oxygens (including phenoxy) is 1. The summed E-state index contributed by atoms with van der Waals surface area (Å²) in [6.07, 6.45) is 4.48. The van der Waals surface area contributed by atoms with E-state index in [-0.39, 0.29) is 23.5 Å². The molecule has 21 heavy (non-hydrogen) atoms. The van der Waals surface area contributed by atoms with Crippen LogP contribution in [-0.2, 0) is 9.53 Å². The fourth-order valence-corrected chi connectivity index (χ4v) is 4.15. The molecular formula is C16H24N2O3. The minimum absolute atomic E-state index is 0.00729. The zero-order valence-corrected chi connectivity index (χ0v) is 12.7. The highest BCUT2D eigenvalue weighted by molar-refractivity contribution is 5.86. The summed E-state index contributed by atoms with van der Waals surface area (Å²) in [5.74, 6) is 0.00729. The van der Waals surface area contributed by atoms with Gasteiger partial charge in [-0.2, -0.15) is 5.26 Å². The quantitative estimate of drug-likeness (QED) is 0.854. The second kappa shape index (κ2) is 5.26. The lowest BCUT2D eigenvalue weighted by Crippen LogP contribution is -2.63. The molecule has 0 radical (unpaired) electrons. The van der Waals surface area contributed by atoms with Gasteiger partial charge in [-0.1, -0.05) is 0 Å². The summed E-state index contributed by atoms with van der Waals surface area (Å²) < 4.78 is 5.74. The van der Waals surface area contributed by atoms with E-state index in [1.54, 1.807) is 0 Å². The van der Waals surface area contributed by atoms with Gasteiger partial charge in [0, 0.05) is 31.5 Å². The molecule has 0 aromatic carbocycles. The van der Waals surface area contributed by atoms with Crippen molar-refractivity contribution in [1.29, 1.82) is 5.26 Å². The predicted octanol–water partition coefficient (Wildman–Crippen LogP) is 1.46. The molecule has 2 saturated carbocycles. The highest BCUT2D eigenvalue weighted by atomic mass is 16.5. The number of nitriles is 1. The van der Waals surface area contributed by atoms with Crippen LogP contribution in [0.2, 0.25) is 0 Å². The molecule has 1 N–H and O–H groups in total. The Morgan fingerprint density at radius 3 is 2.48 bits per heavy atom. The van der Waals surface area contributed by atoms with Gasteiger partial charge in [0.2, 0.25) is 5.91 Å². The lowest BCUT2D eigenvalue weighted by molar-refractivity contribution is -0.211. The van der Waals surface area contributed by atoms with Crippen LogP contribution in [0.15, 0.2) is 0 Å². The van der Waals surface area contributed by atoms with Crippen LogP contribution in [0.1, 0.15) is 45.4 Å². The summed E-state index contributed by atoms with van der Waals surface area (Å²) in [5, 5.41) is 19.5. The molecule has 1 amide bonds. The van der Waals surface area contributed by atoms with Crippen molar-refractivity contribution in [3.05, 3.63) is 0 Å². The maximum Gasteiger partial charge on any atom is 0.243 e. The van der Waals surface area contributed by atoms with Gasteiger partial charge >= 0.3 is 0 Å². The van der Waals surface area contributed by atoms with Crippen LogP contribution < -0.4 is 0 Å². The topological polar surface area (TPSA) is 73.6 Å². The van der Waals surface area contributed by atoms with Gasteiger partial charge in [-0.3, -0.25) is 4.79 Å². The second-order valence-corrected chi connectivity index (χ2v) is 6.77. The number of likely N-dealkylation sites (tertiary alicyclic amines) is 1. The van der Waals surface area contributed by atoms with Gasteiger partial charge in [0.05, 0.1) is 18.3 Å². The molecule has 3 aliphatic rings. The van der Waals surface area contributed by atoms with Crippen LogP contribution in [-0.4, -0.2) is 47.8 Å². The van der Waals surface area contributed by atoms with Crippen LogP contribution in [0.4, 0.5) is 0 Å². The third-order valence-electron chi connectivity index (χ3n) is 5.92. The molecule has 0 bridgehead atoms. The third-order valence-corrected chi connectivity index (χ3v) is 5.92. The van der Waals surface area contributed by atoms with E-state index in [0.29, 0.717) is 39.0 Å². The van der Waals surface area contributed by atoms with Gasteiger partial charge in [0.1, 0.15) is 5.41 Å². The van der Waals surface area contributed by atoms with E-state index in [0.717, 1.165) is 19.3 Å². The first kappa shape index (κ1) is 14.8. The molecule has 5 nitrogen and oxygen atoms in total. The Morgan fingerprint density at radius 1 is 1.38 bits per heavy atom. The molecule has 3 rings (SSSR count). The smallest absolute Gasteiger partial charge is 0.243 e. The summed E-state index contributed by atoms with van der Waals surface area (Å²) in [4.78, 5) is 14.4. The average molecular weight is 292 g/mol. The normalized spacial score (nSPS) is 32.9. The molecule has 1 heterocycles. The third kappa shape index (κ3) is 2.08. The van der Waals surface area contributed by atoms with E-state index >= 15 is 0 Å². The van der Waals surface area contributed by atoms with E-state index in [4.69, 9.17) is 4.74 Å². The number of amides is 1. The van der Waals surface area contributed by atoms with Crippen molar-refractivity contribution >= 4 is 5.91 Å². The molecule has 0 aromatic heterocycles. The summed E-state index contributed by atoms with van der Waals surface area (Å²) in [6.45, 7) is 3.93. The van der Waals surface area contributed by atoms with E-state index in [1.807, 2.05) is 11.8 Å². The Balaban J connectivity index is 1.63. The monoisotopic (exact) mass is 292 g/mol. The number of rotatable bonds is 3. The number of hydrogen-bond donors (Lipinski definition) is 1. The summed E-state index contributed by atoms with van der Waals surface area (Å²) in [5.41, 5.74) is -0.908. The molecule has 3 fully saturated rings. The van der Waals surface area contributed by atoms with Gasteiger partial charge in [0.25, 0.3) is 0 Å². The SMILES string of the molecule is CCOC1CC(O)C12CCN(C(=O)C1(C#N)CCC1)CC2. The van der Waals surface area contributed by atoms with Crippen molar-refractivity contribution in [3.8, 4) is 6.07 Å². The van der Waals surface area contributed by atoms with Crippen molar-refractivity contribution in [1.82, 2.24) is 4.90 Å². The van der Waals surface area contributed by atoms with Crippen molar-refractivity contribution in [2.24, 2.45) is 10.8 Å². The first-order chi connectivity index (χ1) is 10.1. The molecule has 0 aromatic rings. The average Bonchev–Trinajstić information content (AvgIpc) is 2.46. The first-order valence-corrected chi connectivity index (χ1v) is 8.08. The largest absolute Gasteiger partial charge is 0.392 e. The summed E-state index contributed by atoms with van der Waals surface area (Å²) in [6, 6.07) is 2.23. The molecule has 2 atom stereocenters. The summed E-state index contributed by atoms with van der Waals surface area (Å²) >= 11 is 0. The van der Waals surface area contributed by atoms with Gasteiger partial charge < -0.3 is 14.7 Å². The minimum atomic E-state index is -0.748. The maximum atomic E-state index is 12.5. The Kier molecular flexibility index (Phi) is 3.71. The van der Waals surface area contributed by atoms with Crippen LogP contribution >= 0.6 is 0 Å². The summed E-state index contributed by atoms with van der Waals surface area (Å²) in [7, 11) is 0. The van der Waals surface area contributed by atoms with Gasteiger partial charge in [-0.25, -0.2) is 0 Å². The van der Waals surface area contributed by atoms with Crippen molar-refractivity contribution in [3.63, 3.8) is 0 Å². The molecule has 116 valence electrons. The minimum Gasteiger partial charge on any atom is -0.392 e. The number of hydrogen-bond acceptors (Lipinski definition) is 4. The second-order valence-electron chi connectivity index (χ2n) is 6.77. The number of nitrogens with zero attached hydrogens (tertiary/aromatic N) is 2. The van der Waals surface area contributed by atoms with Gasteiger partial charge in [0.15, 0.2) is 0 Å². The Labute approximate surface area is 125 Å².